The summed E-state index contributed by atoms with van der Waals surface area (Å²) in [5.74, 6) is -0.115. The molecule has 1 aliphatic heterocycles. The fourth-order valence-electron chi connectivity index (χ4n) is 2.13. The van der Waals surface area contributed by atoms with Crippen molar-refractivity contribution < 1.29 is 9.72 Å². The van der Waals surface area contributed by atoms with E-state index in [1.54, 1.807) is 23.1 Å². The largest absolute Gasteiger partial charge is 0.284 e. The molecule has 122 valence electrons. The van der Waals surface area contributed by atoms with Gasteiger partial charge in [-0.3, -0.25) is 24.8 Å². The summed E-state index contributed by atoms with van der Waals surface area (Å²) in [6.07, 6.45) is 1.68. The van der Waals surface area contributed by atoms with Gasteiger partial charge in [-0.15, -0.1) is 0 Å². The highest BCUT2D eigenvalue weighted by Gasteiger charge is 2.35. The van der Waals surface area contributed by atoms with Gasteiger partial charge in [0.1, 0.15) is 0 Å². The molecule has 23 heavy (non-hydrogen) atoms. The molecule has 0 aliphatic carbocycles. The first-order valence-electron chi connectivity index (χ1n) is 7.35. The van der Waals surface area contributed by atoms with Gasteiger partial charge in [0.25, 0.3) is 11.6 Å². The summed E-state index contributed by atoms with van der Waals surface area (Å²) in [4.78, 5) is 29.7. The summed E-state index contributed by atoms with van der Waals surface area (Å²) in [5, 5.41) is 11.5. The van der Waals surface area contributed by atoms with Gasteiger partial charge < -0.3 is 0 Å². The maximum atomic E-state index is 12.6. The van der Waals surface area contributed by atoms with Gasteiger partial charge in [-0.25, -0.2) is 0 Å². The molecule has 1 aromatic carbocycles. The Bertz CT molecular complexity index is 696. The lowest BCUT2D eigenvalue weighted by atomic mass is 10.2. The van der Waals surface area contributed by atoms with Crippen molar-refractivity contribution in [2.75, 3.05) is 0 Å². The Kier molecular flexibility index (Phi) is 5.20. The number of amides is 1. The number of carbonyl (C=O) groups excluding carboxylic acids is 1. The van der Waals surface area contributed by atoms with E-state index in [4.69, 9.17) is 0 Å². The molecule has 0 unspecified atom stereocenters. The van der Waals surface area contributed by atoms with E-state index >= 15 is 0 Å². The number of hydrogen-bond acceptors (Lipinski definition) is 5. The van der Waals surface area contributed by atoms with E-state index in [9.17, 15) is 14.9 Å². The van der Waals surface area contributed by atoms with Crippen molar-refractivity contribution in [1.29, 1.82) is 0 Å². The van der Waals surface area contributed by atoms with Crippen molar-refractivity contribution in [3.8, 4) is 0 Å². The number of rotatable bonds is 4. The van der Waals surface area contributed by atoms with E-state index in [1.165, 1.54) is 23.9 Å². The molecule has 0 radical (unpaired) electrons. The van der Waals surface area contributed by atoms with Crippen molar-refractivity contribution in [3.05, 3.63) is 44.8 Å². The van der Waals surface area contributed by atoms with Crippen molar-refractivity contribution in [1.82, 2.24) is 4.90 Å². The second kappa shape index (κ2) is 6.95. The van der Waals surface area contributed by atoms with Crippen LogP contribution in [0.25, 0.3) is 6.08 Å². The van der Waals surface area contributed by atoms with Crippen molar-refractivity contribution in [2.24, 2.45) is 4.99 Å². The third-order valence-electron chi connectivity index (χ3n) is 3.10. The van der Waals surface area contributed by atoms with E-state index < -0.39 is 4.92 Å². The van der Waals surface area contributed by atoms with Crippen LogP contribution in [0.1, 0.15) is 33.3 Å². The van der Waals surface area contributed by atoms with Gasteiger partial charge in [0.15, 0.2) is 5.17 Å². The van der Waals surface area contributed by atoms with Crippen LogP contribution >= 0.6 is 11.8 Å². The number of aliphatic imine (C=N–C) groups is 1. The summed E-state index contributed by atoms with van der Waals surface area (Å²) in [7, 11) is 0. The van der Waals surface area contributed by atoms with Crippen LogP contribution in [-0.2, 0) is 4.79 Å². The number of non-ortho nitro benzene ring substituents is 1. The average Bonchev–Trinajstić information content (AvgIpc) is 2.74. The number of benzene rings is 1. The average molecular weight is 333 g/mol. The van der Waals surface area contributed by atoms with E-state index in [0.29, 0.717) is 15.6 Å². The molecule has 2 rings (SSSR count). The molecule has 1 amide bonds. The quantitative estimate of drug-likeness (QED) is 0.478. The Balaban J connectivity index is 2.38. The molecular formula is C16H19N3O3S. The maximum Gasteiger partial charge on any atom is 0.270 e. The SMILES string of the molecule is CC(C)N=C1S/C(=C/c2cccc([N+](=O)[O-])c2)C(=O)N1C(C)C. The van der Waals surface area contributed by atoms with Crippen LogP contribution in [0.2, 0.25) is 0 Å². The Labute approximate surface area is 139 Å². The highest BCUT2D eigenvalue weighted by molar-refractivity contribution is 8.18. The van der Waals surface area contributed by atoms with Gasteiger partial charge in [-0.05, 0) is 51.1 Å². The summed E-state index contributed by atoms with van der Waals surface area (Å²) >= 11 is 1.31. The van der Waals surface area contributed by atoms with Crippen molar-refractivity contribution in [2.45, 2.75) is 39.8 Å². The maximum absolute atomic E-state index is 12.6. The molecule has 0 saturated carbocycles. The molecule has 0 N–H and O–H groups in total. The fraction of sp³-hybridized carbons (Fsp3) is 0.375. The number of amidine groups is 1. The zero-order chi connectivity index (χ0) is 17.1. The normalized spacial score (nSPS) is 18.7. The molecule has 1 aliphatic rings. The lowest BCUT2D eigenvalue weighted by Crippen LogP contribution is -2.35. The second-order valence-corrected chi connectivity index (χ2v) is 6.75. The van der Waals surface area contributed by atoms with Crippen molar-refractivity contribution in [3.63, 3.8) is 0 Å². The van der Waals surface area contributed by atoms with Gasteiger partial charge >= 0.3 is 0 Å². The molecule has 1 aromatic rings. The Morgan fingerprint density at radius 1 is 1.30 bits per heavy atom. The molecule has 0 atom stereocenters. The summed E-state index contributed by atoms with van der Waals surface area (Å²) in [6.45, 7) is 7.78. The lowest BCUT2D eigenvalue weighted by Gasteiger charge is -2.20. The minimum absolute atomic E-state index is 0.00325. The smallest absolute Gasteiger partial charge is 0.270 e. The Hall–Kier alpha value is -2.15. The number of hydrogen-bond donors (Lipinski definition) is 0. The number of nitro benzene ring substituents is 1. The third-order valence-corrected chi connectivity index (χ3v) is 4.10. The third kappa shape index (κ3) is 3.98. The van der Waals surface area contributed by atoms with Crippen LogP contribution < -0.4 is 0 Å². The second-order valence-electron chi connectivity index (χ2n) is 5.74. The fourth-order valence-corrected chi connectivity index (χ4v) is 3.37. The minimum Gasteiger partial charge on any atom is -0.284 e. The predicted octanol–water partition coefficient (Wildman–Crippen LogP) is 3.68. The first-order valence-corrected chi connectivity index (χ1v) is 8.16. The first kappa shape index (κ1) is 17.2. The number of nitrogens with zero attached hydrogens (tertiary/aromatic N) is 3. The van der Waals surface area contributed by atoms with E-state index in [-0.39, 0.29) is 23.7 Å². The molecule has 0 aromatic heterocycles. The molecule has 0 bridgehead atoms. The first-order chi connectivity index (χ1) is 10.8. The number of nitro groups is 1. The van der Waals surface area contributed by atoms with Gasteiger partial charge in [-0.2, -0.15) is 0 Å². The zero-order valence-corrected chi connectivity index (χ0v) is 14.3. The minimum atomic E-state index is -0.447. The van der Waals surface area contributed by atoms with Crippen molar-refractivity contribution >= 4 is 34.6 Å². The van der Waals surface area contributed by atoms with Gasteiger partial charge in [-0.1, -0.05) is 12.1 Å². The monoisotopic (exact) mass is 333 g/mol. The summed E-state index contributed by atoms with van der Waals surface area (Å²) in [5.41, 5.74) is 0.635. The molecule has 1 heterocycles. The van der Waals surface area contributed by atoms with E-state index in [0.717, 1.165) is 0 Å². The molecule has 1 fully saturated rings. The van der Waals surface area contributed by atoms with Crippen LogP contribution in [0.15, 0.2) is 34.2 Å². The highest BCUT2D eigenvalue weighted by atomic mass is 32.2. The highest BCUT2D eigenvalue weighted by Crippen LogP contribution is 2.34. The van der Waals surface area contributed by atoms with Crippen LogP contribution in [0.4, 0.5) is 5.69 Å². The lowest BCUT2D eigenvalue weighted by molar-refractivity contribution is -0.384. The van der Waals surface area contributed by atoms with Gasteiger partial charge in [0.2, 0.25) is 0 Å². The molecule has 0 spiro atoms. The zero-order valence-electron chi connectivity index (χ0n) is 13.5. The molecule has 6 nitrogen and oxygen atoms in total. The number of carbonyl (C=O) groups is 1. The summed E-state index contributed by atoms with van der Waals surface area (Å²) in [6, 6.07) is 6.33. The van der Waals surface area contributed by atoms with E-state index in [2.05, 4.69) is 4.99 Å². The van der Waals surface area contributed by atoms with E-state index in [1.807, 2.05) is 27.7 Å². The van der Waals surface area contributed by atoms with Crippen LogP contribution in [0, 0.1) is 10.1 Å². The summed E-state index contributed by atoms with van der Waals surface area (Å²) < 4.78 is 0. The molecule has 7 heteroatoms. The molecule has 1 saturated heterocycles. The van der Waals surface area contributed by atoms with Crippen LogP contribution in [-0.4, -0.2) is 33.0 Å². The Morgan fingerprint density at radius 3 is 2.57 bits per heavy atom. The van der Waals surface area contributed by atoms with Crippen LogP contribution in [0.5, 0.6) is 0 Å². The van der Waals surface area contributed by atoms with Gasteiger partial charge in [0, 0.05) is 24.2 Å². The van der Waals surface area contributed by atoms with Crippen LogP contribution in [0.3, 0.4) is 0 Å². The molecular weight excluding hydrogens is 314 g/mol. The topological polar surface area (TPSA) is 75.8 Å². The predicted molar refractivity (Wildman–Crippen MR) is 93.2 cm³/mol. The van der Waals surface area contributed by atoms with Gasteiger partial charge in [0.05, 0.1) is 9.83 Å². The number of thioether (sulfide) groups is 1. The Morgan fingerprint density at radius 2 is 2.00 bits per heavy atom. The standard InChI is InChI=1S/C16H19N3O3S/c1-10(2)17-16-18(11(3)4)15(20)14(23-16)9-12-6-5-7-13(8-12)19(21)22/h5-11H,1-4H3/b14-9+,17-16?.